The van der Waals surface area contributed by atoms with Crippen LogP contribution in [0.4, 0.5) is 0 Å². The number of nitrogens with zero attached hydrogens (tertiary/aromatic N) is 1. The fourth-order valence-electron chi connectivity index (χ4n) is 1.42. The topological polar surface area (TPSA) is 50.1 Å². The molecule has 1 unspecified atom stereocenters. The highest BCUT2D eigenvalue weighted by atomic mass is 16.5. The van der Waals surface area contributed by atoms with Crippen LogP contribution in [0.15, 0.2) is 0 Å². The summed E-state index contributed by atoms with van der Waals surface area (Å²) in [5.41, 5.74) is 0. The van der Waals surface area contributed by atoms with Crippen LogP contribution in [-0.4, -0.2) is 12.1 Å². The average molecular weight is 249 g/mol. The Hall–Kier alpha value is -1.48. The lowest BCUT2D eigenvalue weighted by Crippen LogP contribution is -2.15. The lowest BCUT2D eigenvalue weighted by atomic mass is 10.1. The van der Waals surface area contributed by atoms with Gasteiger partial charge in [-0.3, -0.25) is 4.79 Å². The third-order valence-electron chi connectivity index (χ3n) is 2.50. The van der Waals surface area contributed by atoms with Gasteiger partial charge in [0.15, 0.2) is 6.10 Å². The van der Waals surface area contributed by atoms with Crippen molar-refractivity contribution in [1.29, 1.82) is 5.26 Å². The van der Waals surface area contributed by atoms with E-state index in [0.29, 0.717) is 19.3 Å². The summed E-state index contributed by atoms with van der Waals surface area (Å²) in [5, 5.41) is 8.54. The number of esters is 1. The van der Waals surface area contributed by atoms with Crippen LogP contribution in [0.2, 0.25) is 0 Å². The molecule has 0 fully saturated rings. The Balaban J connectivity index is 4.02. The summed E-state index contributed by atoms with van der Waals surface area (Å²) < 4.78 is 5.17. The zero-order valence-corrected chi connectivity index (χ0v) is 11.5. The van der Waals surface area contributed by atoms with E-state index in [1.807, 2.05) is 6.07 Å². The summed E-state index contributed by atoms with van der Waals surface area (Å²) in [6, 6.07) is 2.05. The number of rotatable bonds is 8. The SMILES string of the molecule is CCCCCCC#CC(CCC#N)OC(=O)CC. The second kappa shape index (κ2) is 12.0. The van der Waals surface area contributed by atoms with E-state index in [4.69, 9.17) is 10.00 Å². The number of nitriles is 1. The fraction of sp³-hybridized carbons (Fsp3) is 0.733. The van der Waals surface area contributed by atoms with Crippen LogP contribution in [0.25, 0.3) is 0 Å². The molecule has 0 saturated carbocycles. The van der Waals surface area contributed by atoms with E-state index in [0.717, 1.165) is 12.8 Å². The minimum atomic E-state index is -0.414. The third kappa shape index (κ3) is 9.73. The highest BCUT2D eigenvalue weighted by Crippen LogP contribution is 2.04. The van der Waals surface area contributed by atoms with Crippen molar-refractivity contribution in [2.45, 2.75) is 71.3 Å². The highest BCUT2D eigenvalue weighted by Gasteiger charge is 2.09. The standard InChI is InChI=1S/C15H23NO2/c1-3-5-6-7-8-9-11-14(12-10-13-16)18-15(17)4-2/h14H,3-8,10,12H2,1-2H3. The van der Waals surface area contributed by atoms with Gasteiger partial charge in [-0.1, -0.05) is 45.0 Å². The molecule has 0 radical (unpaired) electrons. The Labute approximate surface area is 111 Å². The first-order valence-electron chi connectivity index (χ1n) is 6.79. The van der Waals surface area contributed by atoms with Crippen molar-refractivity contribution < 1.29 is 9.53 Å². The molecular weight excluding hydrogens is 226 g/mol. The molecule has 0 aromatic heterocycles. The molecule has 0 saturated heterocycles. The molecule has 0 amide bonds. The number of unbranched alkanes of at least 4 members (excludes halogenated alkanes) is 4. The Morgan fingerprint density at radius 3 is 2.61 bits per heavy atom. The number of carbonyl (C=O) groups is 1. The molecule has 0 heterocycles. The molecule has 0 N–H and O–H groups in total. The van der Waals surface area contributed by atoms with Gasteiger partial charge < -0.3 is 4.74 Å². The Bertz CT molecular complexity index is 320. The first-order valence-corrected chi connectivity index (χ1v) is 6.79. The Morgan fingerprint density at radius 1 is 1.22 bits per heavy atom. The Kier molecular flexibility index (Phi) is 11.0. The largest absolute Gasteiger partial charge is 0.449 e. The van der Waals surface area contributed by atoms with Crippen molar-refractivity contribution in [3.63, 3.8) is 0 Å². The van der Waals surface area contributed by atoms with E-state index in [9.17, 15) is 4.79 Å². The molecule has 0 aliphatic heterocycles. The van der Waals surface area contributed by atoms with Gasteiger partial charge >= 0.3 is 5.97 Å². The van der Waals surface area contributed by atoms with Crippen LogP contribution < -0.4 is 0 Å². The predicted octanol–water partition coefficient (Wildman–Crippen LogP) is 3.59. The zero-order valence-electron chi connectivity index (χ0n) is 11.5. The summed E-state index contributed by atoms with van der Waals surface area (Å²) in [6.45, 7) is 3.93. The molecule has 0 aromatic rings. The zero-order chi connectivity index (χ0) is 13.6. The maximum Gasteiger partial charge on any atom is 0.306 e. The minimum Gasteiger partial charge on any atom is -0.449 e. The second-order valence-corrected chi connectivity index (χ2v) is 4.16. The minimum absolute atomic E-state index is 0.252. The van der Waals surface area contributed by atoms with Gasteiger partial charge in [-0.2, -0.15) is 5.26 Å². The van der Waals surface area contributed by atoms with Crippen LogP contribution in [0.1, 0.15) is 65.2 Å². The number of hydrogen-bond donors (Lipinski definition) is 0. The van der Waals surface area contributed by atoms with Crippen molar-refractivity contribution >= 4 is 5.97 Å². The quantitative estimate of drug-likeness (QED) is 0.375. The second-order valence-electron chi connectivity index (χ2n) is 4.16. The number of hydrogen-bond acceptors (Lipinski definition) is 3. The molecule has 0 bridgehead atoms. The molecule has 18 heavy (non-hydrogen) atoms. The van der Waals surface area contributed by atoms with E-state index in [2.05, 4.69) is 18.8 Å². The van der Waals surface area contributed by atoms with Crippen LogP contribution in [-0.2, 0) is 9.53 Å². The van der Waals surface area contributed by atoms with E-state index < -0.39 is 6.10 Å². The predicted molar refractivity (Wildman–Crippen MR) is 71.6 cm³/mol. The van der Waals surface area contributed by atoms with Crippen molar-refractivity contribution in [1.82, 2.24) is 0 Å². The first kappa shape index (κ1) is 16.5. The normalized spacial score (nSPS) is 10.9. The summed E-state index contributed by atoms with van der Waals surface area (Å²) in [5.74, 6) is 5.75. The van der Waals surface area contributed by atoms with Crippen LogP contribution >= 0.6 is 0 Å². The van der Waals surface area contributed by atoms with Crippen molar-refractivity contribution in [2.24, 2.45) is 0 Å². The molecule has 0 rings (SSSR count). The van der Waals surface area contributed by atoms with Crippen molar-refractivity contribution in [3.05, 3.63) is 0 Å². The smallest absolute Gasteiger partial charge is 0.306 e. The average Bonchev–Trinajstić information content (AvgIpc) is 2.39. The lowest BCUT2D eigenvalue weighted by Gasteiger charge is -2.09. The van der Waals surface area contributed by atoms with Crippen molar-refractivity contribution in [2.75, 3.05) is 0 Å². The molecule has 0 spiro atoms. The monoisotopic (exact) mass is 249 g/mol. The highest BCUT2D eigenvalue weighted by molar-refractivity contribution is 5.69. The molecular formula is C15H23NO2. The molecule has 100 valence electrons. The summed E-state index contributed by atoms with van der Waals surface area (Å²) in [6.07, 6.45) is 6.39. The van der Waals surface area contributed by atoms with E-state index in [1.165, 1.54) is 19.3 Å². The lowest BCUT2D eigenvalue weighted by molar-refractivity contribution is -0.146. The van der Waals surface area contributed by atoms with E-state index in [-0.39, 0.29) is 5.97 Å². The third-order valence-corrected chi connectivity index (χ3v) is 2.50. The van der Waals surface area contributed by atoms with Gasteiger partial charge in [0.2, 0.25) is 0 Å². The van der Waals surface area contributed by atoms with Gasteiger partial charge in [0.1, 0.15) is 0 Å². The maximum absolute atomic E-state index is 11.2. The molecule has 3 heteroatoms. The summed E-state index contributed by atoms with van der Waals surface area (Å²) in [4.78, 5) is 11.2. The molecule has 0 aromatic carbocycles. The van der Waals surface area contributed by atoms with Gasteiger partial charge in [-0.05, 0) is 6.42 Å². The van der Waals surface area contributed by atoms with Crippen LogP contribution in [0.5, 0.6) is 0 Å². The number of ether oxygens (including phenoxy) is 1. The molecule has 0 aliphatic carbocycles. The van der Waals surface area contributed by atoms with Gasteiger partial charge in [-0.25, -0.2) is 0 Å². The van der Waals surface area contributed by atoms with E-state index >= 15 is 0 Å². The molecule has 3 nitrogen and oxygen atoms in total. The van der Waals surface area contributed by atoms with Crippen LogP contribution in [0.3, 0.4) is 0 Å². The maximum atomic E-state index is 11.2. The van der Waals surface area contributed by atoms with Gasteiger partial charge in [0.25, 0.3) is 0 Å². The van der Waals surface area contributed by atoms with Gasteiger partial charge in [0.05, 0.1) is 6.07 Å². The molecule has 0 aliphatic rings. The fourth-order valence-corrected chi connectivity index (χ4v) is 1.42. The van der Waals surface area contributed by atoms with Crippen LogP contribution in [0, 0.1) is 23.2 Å². The van der Waals surface area contributed by atoms with E-state index in [1.54, 1.807) is 6.92 Å². The molecule has 1 atom stereocenters. The van der Waals surface area contributed by atoms with Gasteiger partial charge in [-0.15, -0.1) is 0 Å². The van der Waals surface area contributed by atoms with Gasteiger partial charge in [0, 0.05) is 25.7 Å². The summed E-state index contributed by atoms with van der Waals surface area (Å²) >= 11 is 0. The summed E-state index contributed by atoms with van der Waals surface area (Å²) in [7, 11) is 0. The van der Waals surface area contributed by atoms with Crippen molar-refractivity contribution in [3.8, 4) is 17.9 Å². The Morgan fingerprint density at radius 2 is 2.00 bits per heavy atom. The first-order chi connectivity index (χ1) is 8.74. The number of carbonyl (C=O) groups excluding carboxylic acids is 1.